The summed E-state index contributed by atoms with van der Waals surface area (Å²) in [5.74, 6) is 0. The van der Waals surface area contributed by atoms with Crippen LogP contribution >= 0.6 is 13.5 Å². The highest BCUT2D eigenvalue weighted by atomic mass is 32.1. The number of rotatable bonds is 3. The van der Waals surface area contributed by atoms with Crippen LogP contribution in [0.2, 0.25) is 0 Å². The van der Waals surface area contributed by atoms with Crippen molar-refractivity contribution in [2.45, 2.75) is 32.7 Å². The number of hydrogen-bond acceptors (Lipinski definition) is 1. The van der Waals surface area contributed by atoms with Crippen molar-refractivity contribution in [1.82, 2.24) is 4.90 Å². The summed E-state index contributed by atoms with van der Waals surface area (Å²) in [4.78, 5) is 2.25. The third-order valence-electron chi connectivity index (χ3n) is 1.59. The Morgan fingerprint density at radius 3 is 1.89 bits per heavy atom. The molecule has 2 heteroatoms. The predicted molar refractivity (Wildman–Crippen MR) is 48.4 cm³/mol. The lowest BCUT2D eigenvalue weighted by Gasteiger charge is -2.17. The highest BCUT2D eigenvalue weighted by molar-refractivity contribution is 7.59. The molecule has 0 aliphatic carbocycles. The third-order valence-corrected chi connectivity index (χ3v) is 1.59. The topological polar surface area (TPSA) is 3.24 Å². The first-order chi connectivity index (χ1) is 3.68. The molecule has 0 amide bonds. The Balaban J connectivity index is 0. The van der Waals surface area contributed by atoms with E-state index in [1.165, 1.54) is 12.8 Å². The van der Waals surface area contributed by atoms with Crippen molar-refractivity contribution in [2.24, 2.45) is 0 Å². The lowest BCUT2D eigenvalue weighted by Crippen LogP contribution is -2.23. The van der Waals surface area contributed by atoms with Crippen molar-refractivity contribution in [3.8, 4) is 0 Å². The molecule has 0 saturated carbocycles. The maximum absolute atomic E-state index is 2.25. The van der Waals surface area contributed by atoms with E-state index in [9.17, 15) is 0 Å². The molecular formula is C7H19NS. The van der Waals surface area contributed by atoms with Gasteiger partial charge in [0.05, 0.1) is 0 Å². The summed E-state index contributed by atoms with van der Waals surface area (Å²) in [5, 5.41) is 0. The summed E-state index contributed by atoms with van der Waals surface area (Å²) in [6.07, 6.45) is 2.60. The van der Waals surface area contributed by atoms with Gasteiger partial charge in [-0.15, -0.1) is 0 Å². The maximum atomic E-state index is 2.25. The predicted octanol–water partition coefficient (Wildman–Crippen LogP) is 1.85. The van der Waals surface area contributed by atoms with Gasteiger partial charge >= 0.3 is 0 Å². The van der Waals surface area contributed by atoms with Crippen molar-refractivity contribution in [2.75, 3.05) is 14.1 Å². The van der Waals surface area contributed by atoms with Crippen LogP contribution in [0.4, 0.5) is 0 Å². The summed E-state index contributed by atoms with van der Waals surface area (Å²) >= 11 is 0. The molecule has 0 aliphatic heterocycles. The second-order valence-corrected chi connectivity index (χ2v) is 2.60. The fraction of sp³-hybridized carbons (Fsp3) is 1.00. The van der Waals surface area contributed by atoms with E-state index in [0.717, 1.165) is 6.04 Å². The highest BCUT2D eigenvalue weighted by Gasteiger charge is 1.99. The molecule has 0 aromatic carbocycles. The van der Waals surface area contributed by atoms with Gasteiger partial charge in [-0.25, -0.2) is 0 Å². The summed E-state index contributed by atoms with van der Waals surface area (Å²) < 4.78 is 0. The molecule has 0 aliphatic rings. The summed E-state index contributed by atoms with van der Waals surface area (Å²) in [6.45, 7) is 4.48. The SMILES string of the molecule is CCCC(C)N(C)C.S. The van der Waals surface area contributed by atoms with E-state index in [1.54, 1.807) is 0 Å². The Hall–Kier alpha value is 0.310. The Bertz CT molecular complexity index is 54.9. The van der Waals surface area contributed by atoms with Crippen LogP contribution in [0.3, 0.4) is 0 Å². The quantitative estimate of drug-likeness (QED) is 0.592. The lowest BCUT2D eigenvalue weighted by molar-refractivity contribution is 0.297. The van der Waals surface area contributed by atoms with Crippen LogP contribution in [0.5, 0.6) is 0 Å². The zero-order valence-electron chi connectivity index (χ0n) is 6.94. The molecule has 9 heavy (non-hydrogen) atoms. The van der Waals surface area contributed by atoms with E-state index in [-0.39, 0.29) is 13.5 Å². The van der Waals surface area contributed by atoms with Gasteiger partial charge in [-0.1, -0.05) is 13.3 Å². The van der Waals surface area contributed by atoms with E-state index in [4.69, 9.17) is 0 Å². The average Bonchev–Trinajstić information content (AvgIpc) is 1.67. The van der Waals surface area contributed by atoms with Crippen molar-refractivity contribution < 1.29 is 0 Å². The normalized spacial score (nSPS) is 13.0. The fourth-order valence-electron chi connectivity index (χ4n) is 0.676. The summed E-state index contributed by atoms with van der Waals surface area (Å²) in [5.41, 5.74) is 0. The van der Waals surface area contributed by atoms with Gasteiger partial charge in [-0.05, 0) is 27.4 Å². The van der Waals surface area contributed by atoms with Gasteiger partial charge in [0.25, 0.3) is 0 Å². The van der Waals surface area contributed by atoms with E-state index in [2.05, 4.69) is 32.8 Å². The van der Waals surface area contributed by atoms with E-state index >= 15 is 0 Å². The standard InChI is InChI=1S/C7H17N.H2S/c1-5-6-7(2)8(3)4;/h7H,5-6H2,1-4H3;1H2. The maximum Gasteiger partial charge on any atom is 0.00607 e. The van der Waals surface area contributed by atoms with Crippen molar-refractivity contribution in [1.29, 1.82) is 0 Å². The highest BCUT2D eigenvalue weighted by Crippen LogP contribution is 1.99. The molecule has 1 nitrogen and oxygen atoms in total. The number of nitrogens with zero attached hydrogens (tertiary/aromatic N) is 1. The lowest BCUT2D eigenvalue weighted by atomic mass is 10.2. The third kappa shape index (κ3) is 6.19. The molecule has 0 spiro atoms. The first-order valence-electron chi connectivity index (χ1n) is 3.35. The Kier molecular flexibility index (Phi) is 8.60. The van der Waals surface area contributed by atoms with Crippen molar-refractivity contribution in [3.63, 3.8) is 0 Å². The Morgan fingerprint density at radius 2 is 1.78 bits per heavy atom. The van der Waals surface area contributed by atoms with Crippen LogP contribution in [-0.2, 0) is 0 Å². The van der Waals surface area contributed by atoms with Crippen LogP contribution < -0.4 is 0 Å². The minimum absolute atomic E-state index is 0. The first kappa shape index (κ1) is 12.0. The molecule has 0 heterocycles. The molecule has 0 bridgehead atoms. The van der Waals surface area contributed by atoms with Crippen molar-refractivity contribution >= 4 is 13.5 Å². The molecule has 1 atom stereocenters. The van der Waals surface area contributed by atoms with Crippen LogP contribution in [0.1, 0.15) is 26.7 Å². The van der Waals surface area contributed by atoms with Gasteiger partial charge in [0.15, 0.2) is 0 Å². The van der Waals surface area contributed by atoms with E-state index in [1.807, 2.05) is 0 Å². The van der Waals surface area contributed by atoms with Gasteiger partial charge in [0.1, 0.15) is 0 Å². The van der Waals surface area contributed by atoms with Crippen molar-refractivity contribution in [3.05, 3.63) is 0 Å². The second kappa shape index (κ2) is 6.43. The van der Waals surface area contributed by atoms with Crippen LogP contribution in [0, 0.1) is 0 Å². The van der Waals surface area contributed by atoms with E-state index in [0.29, 0.717) is 0 Å². The Morgan fingerprint density at radius 1 is 1.33 bits per heavy atom. The van der Waals surface area contributed by atoms with Gasteiger partial charge in [-0.3, -0.25) is 0 Å². The van der Waals surface area contributed by atoms with Gasteiger partial charge < -0.3 is 4.90 Å². The summed E-state index contributed by atoms with van der Waals surface area (Å²) in [6, 6.07) is 0.750. The zero-order chi connectivity index (χ0) is 6.57. The van der Waals surface area contributed by atoms with E-state index < -0.39 is 0 Å². The molecule has 0 aromatic rings. The molecule has 0 fully saturated rings. The van der Waals surface area contributed by atoms with Crippen LogP contribution in [-0.4, -0.2) is 25.0 Å². The largest absolute Gasteiger partial charge is 0.307 e. The van der Waals surface area contributed by atoms with Crippen LogP contribution in [0.15, 0.2) is 0 Å². The minimum Gasteiger partial charge on any atom is -0.307 e. The molecule has 0 N–H and O–H groups in total. The van der Waals surface area contributed by atoms with Gasteiger partial charge in [-0.2, -0.15) is 13.5 Å². The molecule has 0 saturated heterocycles. The van der Waals surface area contributed by atoms with Gasteiger partial charge in [0.2, 0.25) is 0 Å². The first-order valence-corrected chi connectivity index (χ1v) is 3.35. The molecule has 0 rings (SSSR count). The second-order valence-electron chi connectivity index (χ2n) is 2.60. The molecule has 1 unspecified atom stereocenters. The minimum atomic E-state index is 0. The smallest absolute Gasteiger partial charge is 0.00607 e. The summed E-state index contributed by atoms with van der Waals surface area (Å²) in [7, 11) is 4.25. The molecule has 0 radical (unpaired) electrons. The molecule has 0 aromatic heterocycles. The zero-order valence-corrected chi connectivity index (χ0v) is 7.94. The van der Waals surface area contributed by atoms with Gasteiger partial charge in [0, 0.05) is 6.04 Å². The molecule has 58 valence electrons. The monoisotopic (exact) mass is 149 g/mol. The number of hydrogen-bond donors (Lipinski definition) is 0. The average molecular weight is 149 g/mol. The van der Waals surface area contributed by atoms with Crippen LogP contribution in [0.25, 0.3) is 0 Å². The Labute approximate surface area is 65.9 Å². The fourth-order valence-corrected chi connectivity index (χ4v) is 0.676. The molecular weight excluding hydrogens is 130 g/mol.